The highest BCUT2D eigenvalue weighted by molar-refractivity contribution is 5.93. The molecule has 19 heavy (non-hydrogen) atoms. The molecule has 0 aromatic carbocycles. The first kappa shape index (κ1) is 13.3. The molecule has 1 aliphatic heterocycles. The van der Waals surface area contributed by atoms with Gasteiger partial charge in [0.1, 0.15) is 5.82 Å². The fraction of sp³-hybridized carbons (Fsp3) is 0.462. The highest BCUT2D eigenvalue weighted by atomic mass is 16.4. The third kappa shape index (κ3) is 3.01. The summed E-state index contributed by atoms with van der Waals surface area (Å²) in [6.07, 6.45) is 1.19. The van der Waals surface area contributed by atoms with Gasteiger partial charge in [-0.2, -0.15) is 0 Å². The summed E-state index contributed by atoms with van der Waals surface area (Å²) in [7, 11) is 0. The number of aryl methyl sites for hydroxylation is 1. The van der Waals surface area contributed by atoms with Crippen LogP contribution in [0.1, 0.15) is 28.9 Å². The van der Waals surface area contributed by atoms with E-state index in [1.807, 2.05) is 4.90 Å². The maximum atomic E-state index is 11.2. The normalized spacial score (nSPS) is 16.4. The lowest BCUT2D eigenvalue weighted by Crippen LogP contribution is -2.37. The predicted molar refractivity (Wildman–Crippen MR) is 70.1 cm³/mol. The van der Waals surface area contributed by atoms with E-state index in [2.05, 4.69) is 4.98 Å². The standard InChI is InChI=1S/C13H17N3O3/c1-8-6-10(12(14)17)7-11(15-8)16-4-2-9(3-5-16)13(18)19/h6-7,9H,2-5H2,1H3,(H2,14,17)(H,18,19). The number of piperidine rings is 1. The first-order valence-corrected chi connectivity index (χ1v) is 6.23. The number of amides is 1. The Labute approximate surface area is 111 Å². The van der Waals surface area contributed by atoms with Crippen molar-refractivity contribution in [2.45, 2.75) is 19.8 Å². The molecule has 0 radical (unpaired) electrons. The van der Waals surface area contributed by atoms with Gasteiger partial charge in [-0.05, 0) is 31.9 Å². The summed E-state index contributed by atoms with van der Waals surface area (Å²) in [6, 6.07) is 3.31. The van der Waals surface area contributed by atoms with Crippen LogP contribution < -0.4 is 10.6 Å². The first-order chi connectivity index (χ1) is 8.97. The summed E-state index contributed by atoms with van der Waals surface area (Å²) in [5.41, 5.74) is 6.44. The molecular formula is C13H17N3O3. The minimum absolute atomic E-state index is 0.281. The summed E-state index contributed by atoms with van der Waals surface area (Å²) >= 11 is 0. The van der Waals surface area contributed by atoms with Crippen molar-refractivity contribution in [1.82, 2.24) is 4.98 Å². The molecule has 1 saturated heterocycles. The predicted octanol–water partition coefficient (Wildman–Crippen LogP) is 0.790. The Morgan fingerprint density at radius 2 is 2.00 bits per heavy atom. The fourth-order valence-corrected chi connectivity index (χ4v) is 2.31. The van der Waals surface area contributed by atoms with E-state index in [4.69, 9.17) is 10.8 Å². The number of rotatable bonds is 3. The van der Waals surface area contributed by atoms with E-state index >= 15 is 0 Å². The lowest BCUT2D eigenvalue weighted by molar-refractivity contribution is -0.142. The Balaban J connectivity index is 2.15. The minimum atomic E-state index is -0.741. The smallest absolute Gasteiger partial charge is 0.306 e. The monoisotopic (exact) mass is 263 g/mol. The summed E-state index contributed by atoms with van der Waals surface area (Å²) < 4.78 is 0. The van der Waals surface area contributed by atoms with Gasteiger partial charge in [-0.15, -0.1) is 0 Å². The lowest BCUT2D eigenvalue weighted by Gasteiger charge is -2.31. The van der Waals surface area contributed by atoms with Crippen molar-refractivity contribution in [2.24, 2.45) is 11.7 Å². The third-order valence-corrected chi connectivity index (χ3v) is 3.39. The number of primary amides is 1. The van der Waals surface area contributed by atoms with Crippen LogP contribution in [0.25, 0.3) is 0 Å². The zero-order valence-electron chi connectivity index (χ0n) is 10.8. The van der Waals surface area contributed by atoms with Gasteiger partial charge in [-0.25, -0.2) is 4.98 Å². The number of carboxylic acid groups (broad SMARTS) is 1. The average molecular weight is 263 g/mol. The topological polar surface area (TPSA) is 96.5 Å². The number of aliphatic carboxylic acids is 1. The highest BCUT2D eigenvalue weighted by Gasteiger charge is 2.25. The van der Waals surface area contributed by atoms with Gasteiger partial charge in [-0.1, -0.05) is 0 Å². The zero-order chi connectivity index (χ0) is 14.0. The first-order valence-electron chi connectivity index (χ1n) is 6.23. The average Bonchev–Trinajstić information content (AvgIpc) is 2.38. The van der Waals surface area contributed by atoms with E-state index in [0.29, 0.717) is 37.3 Å². The Morgan fingerprint density at radius 1 is 1.37 bits per heavy atom. The second-order valence-corrected chi connectivity index (χ2v) is 4.82. The fourth-order valence-electron chi connectivity index (χ4n) is 2.31. The molecule has 0 atom stereocenters. The summed E-state index contributed by atoms with van der Waals surface area (Å²) in [4.78, 5) is 28.5. The molecule has 2 rings (SSSR count). The number of carbonyl (C=O) groups is 2. The molecule has 1 fully saturated rings. The zero-order valence-corrected chi connectivity index (χ0v) is 10.8. The molecule has 6 nitrogen and oxygen atoms in total. The molecule has 102 valence electrons. The quantitative estimate of drug-likeness (QED) is 0.840. The van der Waals surface area contributed by atoms with Crippen molar-refractivity contribution < 1.29 is 14.7 Å². The van der Waals surface area contributed by atoms with Crippen LogP contribution in [0.5, 0.6) is 0 Å². The van der Waals surface area contributed by atoms with E-state index in [0.717, 1.165) is 5.69 Å². The Morgan fingerprint density at radius 3 is 2.53 bits per heavy atom. The van der Waals surface area contributed by atoms with Crippen LogP contribution in [0, 0.1) is 12.8 Å². The van der Waals surface area contributed by atoms with Crippen LogP contribution in [0.2, 0.25) is 0 Å². The van der Waals surface area contributed by atoms with E-state index in [1.54, 1.807) is 19.1 Å². The van der Waals surface area contributed by atoms with Crippen molar-refractivity contribution in [2.75, 3.05) is 18.0 Å². The molecule has 0 saturated carbocycles. The minimum Gasteiger partial charge on any atom is -0.481 e. The molecule has 0 bridgehead atoms. The van der Waals surface area contributed by atoms with Crippen molar-refractivity contribution in [1.29, 1.82) is 0 Å². The van der Waals surface area contributed by atoms with Crippen LogP contribution >= 0.6 is 0 Å². The van der Waals surface area contributed by atoms with Gasteiger partial charge in [0.05, 0.1) is 5.92 Å². The van der Waals surface area contributed by atoms with Crippen LogP contribution in [0.3, 0.4) is 0 Å². The number of nitrogens with zero attached hydrogens (tertiary/aromatic N) is 2. The van der Waals surface area contributed by atoms with Gasteiger partial charge in [-0.3, -0.25) is 9.59 Å². The van der Waals surface area contributed by atoms with Gasteiger partial charge in [0.25, 0.3) is 0 Å². The highest BCUT2D eigenvalue weighted by Crippen LogP contribution is 2.23. The number of carboxylic acids is 1. The lowest BCUT2D eigenvalue weighted by atomic mass is 9.97. The van der Waals surface area contributed by atoms with Crippen LogP contribution in [-0.4, -0.2) is 35.1 Å². The van der Waals surface area contributed by atoms with Gasteiger partial charge >= 0.3 is 5.97 Å². The third-order valence-electron chi connectivity index (χ3n) is 3.39. The van der Waals surface area contributed by atoms with Crippen molar-refractivity contribution in [3.05, 3.63) is 23.4 Å². The van der Waals surface area contributed by atoms with Crippen molar-refractivity contribution in [3.63, 3.8) is 0 Å². The molecule has 1 amide bonds. The SMILES string of the molecule is Cc1cc(C(N)=O)cc(N2CCC(C(=O)O)CC2)n1. The van der Waals surface area contributed by atoms with Crippen molar-refractivity contribution in [3.8, 4) is 0 Å². The number of nitrogens with two attached hydrogens (primary N) is 1. The molecule has 0 unspecified atom stereocenters. The van der Waals surface area contributed by atoms with E-state index in [1.165, 1.54) is 0 Å². The van der Waals surface area contributed by atoms with E-state index in [9.17, 15) is 9.59 Å². The van der Waals surface area contributed by atoms with Gasteiger partial charge in [0, 0.05) is 24.3 Å². The number of hydrogen-bond acceptors (Lipinski definition) is 4. The van der Waals surface area contributed by atoms with Crippen LogP contribution in [0.15, 0.2) is 12.1 Å². The maximum absolute atomic E-state index is 11.2. The molecule has 1 aliphatic rings. The number of pyridine rings is 1. The molecular weight excluding hydrogens is 246 g/mol. The second kappa shape index (κ2) is 5.26. The summed E-state index contributed by atoms with van der Waals surface area (Å²) in [5, 5.41) is 8.96. The number of aromatic nitrogens is 1. The molecule has 0 spiro atoms. The summed E-state index contributed by atoms with van der Waals surface area (Å²) in [6.45, 7) is 3.07. The molecule has 6 heteroatoms. The van der Waals surface area contributed by atoms with E-state index < -0.39 is 11.9 Å². The van der Waals surface area contributed by atoms with Crippen molar-refractivity contribution >= 4 is 17.7 Å². The van der Waals surface area contributed by atoms with Gasteiger partial charge < -0.3 is 15.7 Å². The van der Waals surface area contributed by atoms with Gasteiger partial charge in [0.15, 0.2) is 0 Å². The molecule has 0 aliphatic carbocycles. The summed E-state index contributed by atoms with van der Waals surface area (Å²) in [5.74, 6) is -0.809. The molecule has 2 heterocycles. The maximum Gasteiger partial charge on any atom is 0.306 e. The number of anilines is 1. The number of carbonyl (C=O) groups excluding carboxylic acids is 1. The Kier molecular flexibility index (Phi) is 3.69. The largest absolute Gasteiger partial charge is 0.481 e. The Hall–Kier alpha value is -2.11. The van der Waals surface area contributed by atoms with Gasteiger partial charge in [0.2, 0.25) is 5.91 Å². The molecule has 3 N–H and O–H groups in total. The van der Waals surface area contributed by atoms with Crippen LogP contribution in [0.4, 0.5) is 5.82 Å². The second-order valence-electron chi connectivity index (χ2n) is 4.82. The molecule has 1 aromatic heterocycles. The van der Waals surface area contributed by atoms with E-state index in [-0.39, 0.29) is 5.92 Å². The Bertz CT molecular complexity index is 508. The molecule has 1 aromatic rings. The number of hydrogen-bond donors (Lipinski definition) is 2. The van der Waals surface area contributed by atoms with Crippen LogP contribution in [-0.2, 0) is 4.79 Å².